The van der Waals surface area contributed by atoms with Crippen LogP contribution in [0.5, 0.6) is 0 Å². The standard InChI is InChI=1S/C19H23FN2O/c1-4-5-15-7-9-16(10-8-15)14(3)21-19(23)22-17-11-6-13(2)18(20)12-17/h6-12,14H,4-5H2,1-3H3,(H2,21,22,23). The van der Waals surface area contributed by atoms with E-state index in [0.717, 1.165) is 18.4 Å². The smallest absolute Gasteiger partial charge is 0.319 e. The molecule has 23 heavy (non-hydrogen) atoms. The predicted molar refractivity (Wildman–Crippen MR) is 92.1 cm³/mol. The fraction of sp³-hybridized carbons (Fsp3) is 0.316. The van der Waals surface area contributed by atoms with Crippen molar-refractivity contribution in [2.75, 3.05) is 5.32 Å². The third-order valence-corrected chi connectivity index (χ3v) is 3.80. The van der Waals surface area contributed by atoms with Crippen molar-refractivity contribution in [1.82, 2.24) is 5.32 Å². The van der Waals surface area contributed by atoms with Crippen LogP contribution in [-0.4, -0.2) is 6.03 Å². The molecule has 0 bridgehead atoms. The summed E-state index contributed by atoms with van der Waals surface area (Å²) in [5.41, 5.74) is 3.32. The summed E-state index contributed by atoms with van der Waals surface area (Å²) in [6, 6.07) is 12.4. The SMILES string of the molecule is CCCc1ccc(C(C)NC(=O)Nc2ccc(C)c(F)c2)cc1. The van der Waals surface area contributed by atoms with Crippen molar-refractivity contribution in [2.24, 2.45) is 0 Å². The van der Waals surface area contributed by atoms with Crippen molar-refractivity contribution in [1.29, 1.82) is 0 Å². The van der Waals surface area contributed by atoms with E-state index >= 15 is 0 Å². The third-order valence-electron chi connectivity index (χ3n) is 3.80. The largest absolute Gasteiger partial charge is 0.331 e. The number of carbonyl (C=O) groups excluding carboxylic acids is 1. The van der Waals surface area contributed by atoms with Gasteiger partial charge in [-0.3, -0.25) is 0 Å². The Bertz CT molecular complexity index is 668. The fourth-order valence-electron chi connectivity index (χ4n) is 2.38. The Morgan fingerprint density at radius 3 is 2.48 bits per heavy atom. The molecule has 0 aromatic heterocycles. The number of nitrogens with one attached hydrogen (secondary N) is 2. The van der Waals surface area contributed by atoms with Crippen LogP contribution in [0.3, 0.4) is 0 Å². The van der Waals surface area contributed by atoms with E-state index < -0.39 is 0 Å². The lowest BCUT2D eigenvalue weighted by Gasteiger charge is -2.16. The van der Waals surface area contributed by atoms with Gasteiger partial charge in [0.25, 0.3) is 0 Å². The highest BCUT2D eigenvalue weighted by molar-refractivity contribution is 5.89. The lowest BCUT2D eigenvalue weighted by molar-refractivity contribution is 0.249. The number of hydrogen-bond acceptors (Lipinski definition) is 1. The van der Waals surface area contributed by atoms with E-state index in [2.05, 4.69) is 29.7 Å². The predicted octanol–water partition coefficient (Wildman–Crippen LogP) is 4.97. The Labute approximate surface area is 136 Å². The Kier molecular flexibility index (Phi) is 5.74. The first-order valence-corrected chi connectivity index (χ1v) is 7.92. The molecule has 3 nitrogen and oxygen atoms in total. The minimum absolute atomic E-state index is 0.124. The number of rotatable bonds is 5. The number of carbonyl (C=O) groups is 1. The molecule has 0 spiro atoms. The number of benzene rings is 2. The second kappa shape index (κ2) is 7.77. The molecule has 1 atom stereocenters. The van der Waals surface area contributed by atoms with Crippen molar-refractivity contribution < 1.29 is 9.18 Å². The first kappa shape index (κ1) is 17.0. The minimum Gasteiger partial charge on any atom is -0.331 e. The van der Waals surface area contributed by atoms with Crippen LogP contribution in [0.4, 0.5) is 14.9 Å². The molecule has 0 aliphatic heterocycles. The van der Waals surface area contributed by atoms with Crippen LogP contribution in [0.2, 0.25) is 0 Å². The Morgan fingerprint density at radius 1 is 1.17 bits per heavy atom. The van der Waals surface area contributed by atoms with E-state index in [4.69, 9.17) is 0 Å². The van der Waals surface area contributed by atoms with Crippen molar-refractivity contribution in [3.8, 4) is 0 Å². The zero-order chi connectivity index (χ0) is 16.8. The van der Waals surface area contributed by atoms with Crippen LogP contribution in [0, 0.1) is 12.7 Å². The molecule has 2 aromatic carbocycles. The molecule has 0 heterocycles. The van der Waals surface area contributed by atoms with Gasteiger partial charge >= 0.3 is 6.03 Å². The molecule has 122 valence electrons. The van der Waals surface area contributed by atoms with Crippen LogP contribution < -0.4 is 10.6 Å². The van der Waals surface area contributed by atoms with Gasteiger partial charge in [0.15, 0.2) is 0 Å². The van der Waals surface area contributed by atoms with E-state index in [9.17, 15) is 9.18 Å². The summed E-state index contributed by atoms with van der Waals surface area (Å²) in [5.74, 6) is -0.331. The number of hydrogen-bond donors (Lipinski definition) is 2. The number of anilines is 1. The molecular weight excluding hydrogens is 291 g/mol. The lowest BCUT2D eigenvalue weighted by Crippen LogP contribution is -2.31. The average Bonchev–Trinajstić information content (AvgIpc) is 2.52. The molecule has 0 fully saturated rings. The summed E-state index contributed by atoms with van der Waals surface area (Å²) in [7, 11) is 0. The van der Waals surface area contributed by atoms with Gasteiger partial charge in [-0.15, -0.1) is 0 Å². The van der Waals surface area contributed by atoms with Crippen LogP contribution >= 0.6 is 0 Å². The maximum Gasteiger partial charge on any atom is 0.319 e. The molecule has 0 radical (unpaired) electrons. The summed E-state index contributed by atoms with van der Waals surface area (Å²) < 4.78 is 13.5. The molecule has 2 N–H and O–H groups in total. The summed E-state index contributed by atoms with van der Waals surface area (Å²) in [6.07, 6.45) is 2.17. The van der Waals surface area contributed by atoms with Crippen molar-refractivity contribution >= 4 is 11.7 Å². The summed E-state index contributed by atoms with van der Waals surface area (Å²) in [5, 5.41) is 5.51. The Balaban J connectivity index is 1.94. The highest BCUT2D eigenvalue weighted by atomic mass is 19.1. The van der Waals surface area contributed by atoms with Gasteiger partial charge in [0.1, 0.15) is 5.82 Å². The van der Waals surface area contributed by atoms with Crippen molar-refractivity contribution in [3.05, 3.63) is 65.0 Å². The normalized spacial score (nSPS) is 11.8. The highest BCUT2D eigenvalue weighted by Gasteiger charge is 2.10. The van der Waals surface area contributed by atoms with E-state index in [1.165, 1.54) is 11.6 Å². The van der Waals surface area contributed by atoms with Gasteiger partial charge < -0.3 is 10.6 Å². The van der Waals surface area contributed by atoms with Gasteiger partial charge in [-0.1, -0.05) is 43.7 Å². The maximum atomic E-state index is 13.5. The van der Waals surface area contributed by atoms with E-state index in [1.54, 1.807) is 19.1 Å². The van der Waals surface area contributed by atoms with Gasteiger partial charge in [0.05, 0.1) is 6.04 Å². The maximum absolute atomic E-state index is 13.5. The van der Waals surface area contributed by atoms with E-state index in [1.807, 2.05) is 19.1 Å². The van der Waals surface area contributed by atoms with Gasteiger partial charge in [-0.05, 0) is 49.1 Å². The van der Waals surface area contributed by atoms with Crippen LogP contribution in [0.1, 0.15) is 43.0 Å². The Morgan fingerprint density at radius 2 is 1.87 bits per heavy atom. The summed E-state index contributed by atoms with van der Waals surface area (Å²) in [6.45, 7) is 5.75. The topological polar surface area (TPSA) is 41.1 Å². The molecule has 2 aromatic rings. The van der Waals surface area contributed by atoms with E-state index in [-0.39, 0.29) is 17.9 Å². The van der Waals surface area contributed by atoms with Crippen molar-refractivity contribution in [2.45, 2.75) is 39.7 Å². The molecular formula is C19H23FN2O. The molecule has 4 heteroatoms. The molecule has 0 saturated carbocycles. The van der Waals surface area contributed by atoms with Gasteiger partial charge in [0, 0.05) is 5.69 Å². The van der Waals surface area contributed by atoms with Crippen LogP contribution in [-0.2, 0) is 6.42 Å². The first-order chi connectivity index (χ1) is 11.0. The molecule has 0 saturated heterocycles. The van der Waals surface area contributed by atoms with Crippen molar-refractivity contribution in [3.63, 3.8) is 0 Å². The number of halogens is 1. The molecule has 0 aliphatic rings. The molecule has 0 aliphatic carbocycles. The van der Waals surface area contributed by atoms with Crippen LogP contribution in [0.15, 0.2) is 42.5 Å². The minimum atomic E-state index is -0.349. The zero-order valence-corrected chi connectivity index (χ0v) is 13.8. The second-order valence-corrected chi connectivity index (χ2v) is 5.78. The third kappa shape index (κ3) is 4.81. The molecule has 2 amide bonds. The second-order valence-electron chi connectivity index (χ2n) is 5.78. The summed E-state index contributed by atoms with van der Waals surface area (Å²) in [4.78, 5) is 12.0. The van der Waals surface area contributed by atoms with Gasteiger partial charge in [-0.2, -0.15) is 0 Å². The lowest BCUT2D eigenvalue weighted by atomic mass is 10.0. The number of amides is 2. The number of aryl methyl sites for hydroxylation is 2. The zero-order valence-electron chi connectivity index (χ0n) is 13.8. The van der Waals surface area contributed by atoms with Gasteiger partial charge in [-0.25, -0.2) is 9.18 Å². The number of urea groups is 1. The highest BCUT2D eigenvalue weighted by Crippen LogP contribution is 2.16. The van der Waals surface area contributed by atoms with Gasteiger partial charge in [0.2, 0.25) is 0 Å². The Hall–Kier alpha value is -2.36. The molecule has 1 unspecified atom stereocenters. The molecule has 2 rings (SSSR count). The van der Waals surface area contributed by atoms with E-state index in [0.29, 0.717) is 11.3 Å². The fourth-order valence-corrected chi connectivity index (χ4v) is 2.38. The van der Waals surface area contributed by atoms with Crippen LogP contribution in [0.25, 0.3) is 0 Å². The monoisotopic (exact) mass is 314 g/mol. The quantitative estimate of drug-likeness (QED) is 0.804. The average molecular weight is 314 g/mol. The summed E-state index contributed by atoms with van der Waals surface area (Å²) >= 11 is 0. The first-order valence-electron chi connectivity index (χ1n) is 7.92.